The standard InChI is InChI=1S/C26H33F3N6O3/c1-31-11-13-32(14-12-31)21-16-19(15-20(17-21)26(27,28)29)18-34-7-2-4-25(34)5-9-33(10-6-25)24(38)35-8-3-22(30-35)23(36)37/h3,8,15-17H,2,4-7,9-14,18H2,1H3,(H,36,37). The number of alkyl halides is 3. The number of piperazine rings is 1. The van der Waals surface area contributed by atoms with E-state index in [0.717, 1.165) is 37.2 Å². The van der Waals surface area contributed by atoms with E-state index in [4.69, 9.17) is 5.11 Å². The number of anilines is 1. The highest BCUT2D eigenvalue weighted by Crippen LogP contribution is 2.41. The molecule has 0 bridgehead atoms. The summed E-state index contributed by atoms with van der Waals surface area (Å²) in [5.41, 5.74) is 0.307. The zero-order valence-electron chi connectivity index (χ0n) is 21.5. The Balaban J connectivity index is 1.30. The second-order valence-corrected chi connectivity index (χ2v) is 10.6. The fourth-order valence-electron chi connectivity index (χ4n) is 6.01. The van der Waals surface area contributed by atoms with Gasteiger partial charge in [-0.3, -0.25) is 4.90 Å². The van der Waals surface area contributed by atoms with Crippen LogP contribution in [0.15, 0.2) is 30.5 Å². The SMILES string of the molecule is CN1CCN(c2cc(CN3CCCC34CCN(C(=O)n3ccc(C(=O)O)n3)CC4)cc(C(F)(F)F)c2)CC1. The predicted octanol–water partition coefficient (Wildman–Crippen LogP) is 3.45. The van der Waals surface area contributed by atoms with Crippen LogP contribution in [0.3, 0.4) is 0 Å². The van der Waals surface area contributed by atoms with Gasteiger partial charge in [0.2, 0.25) is 0 Å². The molecule has 1 amide bonds. The van der Waals surface area contributed by atoms with E-state index in [1.165, 1.54) is 24.4 Å². The Morgan fingerprint density at radius 1 is 1.00 bits per heavy atom. The minimum Gasteiger partial charge on any atom is -0.476 e. The summed E-state index contributed by atoms with van der Waals surface area (Å²) in [5.74, 6) is -1.19. The highest BCUT2D eigenvalue weighted by atomic mass is 19.4. The van der Waals surface area contributed by atoms with Crippen molar-refractivity contribution in [3.8, 4) is 0 Å². The average Bonchev–Trinajstić information content (AvgIpc) is 3.52. The number of likely N-dealkylation sites (tertiary alicyclic amines) is 2. The Kier molecular flexibility index (Phi) is 7.12. The number of carbonyl (C=O) groups is 2. The van der Waals surface area contributed by atoms with Crippen LogP contribution in [-0.4, -0.2) is 100.0 Å². The van der Waals surface area contributed by atoms with Crippen LogP contribution in [0, 0.1) is 0 Å². The lowest BCUT2D eigenvalue weighted by Gasteiger charge is -2.45. The summed E-state index contributed by atoms with van der Waals surface area (Å²) >= 11 is 0. The van der Waals surface area contributed by atoms with Crippen LogP contribution in [-0.2, 0) is 12.7 Å². The van der Waals surface area contributed by atoms with E-state index >= 15 is 0 Å². The highest BCUT2D eigenvalue weighted by Gasteiger charge is 2.44. The number of piperidine rings is 1. The molecule has 1 aromatic carbocycles. The van der Waals surface area contributed by atoms with Crippen LogP contribution in [0.25, 0.3) is 0 Å². The number of nitrogens with zero attached hydrogens (tertiary/aromatic N) is 6. The minimum atomic E-state index is -4.42. The van der Waals surface area contributed by atoms with E-state index < -0.39 is 17.7 Å². The van der Waals surface area contributed by atoms with Gasteiger partial charge in [-0.15, -0.1) is 0 Å². The number of carboxylic acid groups (broad SMARTS) is 1. The van der Waals surface area contributed by atoms with Gasteiger partial charge in [-0.2, -0.15) is 23.0 Å². The minimum absolute atomic E-state index is 0.171. The van der Waals surface area contributed by atoms with E-state index in [1.807, 2.05) is 18.0 Å². The van der Waals surface area contributed by atoms with Crippen molar-refractivity contribution in [1.82, 2.24) is 24.5 Å². The predicted molar refractivity (Wildman–Crippen MR) is 134 cm³/mol. The maximum absolute atomic E-state index is 13.8. The molecule has 12 heteroatoms. The third-order valence-electron chi connectivity index (χ3n) is 8.26. The molecule has 3 aliphatic rings. The summed E-state index contributed by atoms with van der Waals surface area (Å²) in [6.07, 6.45) is 0.234. The first kappa shape index (κ1) is 26.5. The van der Waals surface area contributed by atoms with Crippen LogP contribution >= 0.6 is 0 Å². The lowest BCUT2D eigenvalue weighted by Crippen LogP contribution is -2.53. The van der Waals surface area contributed by atoms with E-state index in [0.29, 0.717) is 56.8 Å². The number of aromatic carboxylic acids is 1. The van der Waals surface area contributed by atoms with Crippen LogP contribution < -0.4 is 4.90 Å². The number of rotatable bonds is 4. The third kappa shape index (κ3) is 5.37. The normalized spacial score (nSPS) is 20.8. The largest absolute Gasteiger partial charge is 0.476 e. The number of likely N-dealkylation sites (N-methyl/N-ethyl adjacent to an activating group) is 1. The highest BCUT2D eigenvalue weighted by molar-refractivity contribution is 5.86. The van der Waals surface area contributed by atoms with Gasteiger partial charge in [0.25, 0.3) is 0 Å². The van der Waals surface area contributed by atoms with Crippen molar-refractivity contribution in [2.75, 3.05) is 57.8 Å². The molecule has 0 saturated carbocycles. The first-order chi connectivity index (χ1) is 18.0. The molecule has 0 atom stereocenters. The van der Waals surface area contributed by atoms with Crippen molar-refractivity contribution >= 4 is 17.7 Å². The van der Waals surface area contributed by atoms with Crippen LogP contribution in [0.1, 0.15) is 47.3 Å². The summed E-state index contributed by atoms with van der Waals surface area (Å²) in [5, 5.41) is 12.9. The van der Waals surface area contributed by atoms with Gasteiger partial charge in [0.15, 0.2) is 5.69 Å². The van der Waals surface area contributed by atoms with Crippen molar-refractivity contribution < 1.29 is 27.9 Å². The number of benzene rings is 1. The Morgan fingerprint density at radius 2 is 1.71 bits per heavy atom. The third-order valence-corrected chi connectivity index (χ3v) is 8.26. The molecule has 1 N–H and O–H groups in total. The summed E-state index contributed by atoms with van der Waals surface area (Å²) < 4.78 is 42.5. The summed E-state index contributed by atoms with van der Waals surface area (Å²) in [4.78, 5) is 32.1. The molecule has 3 aliphatic heterocycles. The van der Waals surface area contributed by atoms with Crippen LogP contribution in [0.5, 0.6) is 0 Å². The topological polar surface area (TPSA) is 85.2 Å². The second kappa shape index (κ2) is 10.2. The molecule has 1 aromatic heterocycles. The molecule has 0 unspecified atom stereocenters. The number of amides is 1. The molecule has 3 saturated heterocycles. The fourth-order valence-corrected chi connectivity index (χ4v) is 6.01. The fraction of sp³-hybridized carbons (Fsp3) is 0.577. The van der Waals surface area contributed by atoms with E-state index in [1.54, 1.807) is 4.90 Å². The molecule has 3 fully saturated rings. The lowest BCUT2D eigenvalue weighted by molar-refractivity contribution is -0.137. The van der Waals surface area contributed by atoms with Crippen LogP contribution in [0.4, 0.5) is 23.7 Å². The summed E-state index contributed by atoms with van der Waals surface area (Å²) in [6, 6.07) is 5.37. The Labute approximate surface area is 219 Å². The maximum atomic E-state index is 13.8. The van der Waals surface area contributed by atoms with Crippen LogP contribution in [0.2, 0.25) is 0 Å². The smallest absolute Gasteiger partial charge is 0.416 e. The molecule has 9 nitrogen and oxygen atoms in total. The lowest BCUT2D eigenvalue weighted by atomic mass is 9.84. The molecule has 0 radical (unpaired) electrons. The zero-order valence-corrected chi connectivity index (χ0v) is 21.5. The van der Waals surface area contributed by atoms with Crippen molar-refractivity contribution in [3.05, 3.63) is 47.3 Å². The summed E-state index contributed by atoms with van der Waals surface area (Å²) in [7, 11) is 2.02. The molecule has 0 aliphatic carbocycles. The zero-order chi connectivity index (χ0) is 27.1. The van der Waals surface area contributed by atoms with Gasteiger partial charge in [0.1, 0.15) is 0 Å². The molecular weight excluding hydrogens is 501 g/mol. The number of carboxylic acids is 1. The van der Waals surface area contributed by atoms with E-state index in [9.17, 15) is 22.8 Å². The number of hydrogen-bond acceptors (Lipinski definition) is 6. The maximum Gasteiger partial charge on any atom is 0.416 e. The molecule has 5 rings (SSSR count). The Bertz CT molecular complexity index is 1180. The van der Waals surface area contributed by atoms with Gasteiger partial charge in [0, 0.05) is 63.2 Å². The number of aromatic nitrogens is 2. The van der Waals surface area contributed by atoms with Gasteiger partial charge < -0.3 is 19.8 Å². The second-order valence-electron chi connectivity index (χ2n) is 10.6. The van der Waals surface area contributed by atoms with Crippen molar-refractivity contribution in [3.63, 3.8) is 0 Å². The molecule has 2 aromatic rings. The monoisotopic (exact) mass is 534 g/mol. The van der Waals surface area contributed by atoms with Gasteiger partial charge in [-0.25, -0.2) is 9.59 Å². The molecule has 38 heavy (non-hydrogen) atoms. The van der Waals surface area contributed by atoms with E-state index in [-0.39, 0.29) is 17.3 Å². The molecule has 206 valence electrons. The molecule has 1 spiro atoms. The Morgan fingerprint density at radius 3 is 2.34 bits per heavy atom. The van der Waals surface area contributed by atoms with Gasteiger partial charge in [0.05, 0.1) is 5.56 Å². The summed E-state index contributed by atoms with van der Waals surface area (Å²) in [6.45, 7) is 5.20. The van der Waals surface area contributed by atoms with Gasteiger partial charge >= 0.3 is 18.2 Å². The van der Waals surface area contributed by atoms with E-state index in [2.05, 4.69) is 14.9 Å². The number of halogens is 3. The first-order valence-corrected chi connectivity index (χ1v) is 13.0. The van der Waals surface area contributed by atoms with Crippen molar-refractivity contribution in [1.29, 1.82) is 0 Å². The van der Waals surface area contributed by atoms with Gasteiger partial charge in [-0.1, -0.05) is 0 Å². The van der Waals surface area contributed by atoms with Crippen molar-refractivity contribution in [2.24, 2.45) is 0 Å². The molecular formula is C26H33F3N6O3. The molecule has 4 heterocycles. The van der Waals surface area contributed by atoms with Crippen molar-refractivity contribution in [2.45, 2.75) is 43.9 Å². The average molecular weight is 535 g/mol. The number of carbonyl (C=O) groups excluding carboxylic acids is 1. The quantitative estimate of drug-likeness (QED) is 0.643. The first-order valence-electron chi connectivity index (χ1n) is 13.0. The number of hydrogen-bond donors (Lipinski definition) is 1. The Hall–Kier alpha value is -3.12. The van der Waals surface area contributed by atoms with Gasteiger partial charge in [-0.05, 0) is 69.1 Å².